The van der Waals surface area contributed by atoms with Gasteiger partial charge in [0, 0.05) is 50.1 Å². The van der Waals surface area contributed by atoms with E-state index in [2.05, 4.69) is 15.2 Å². The Hall–Kier alpha value is -3.39. The second-order valence-electron chi connectivity index (χ2n) is 7.58. The topological polar surface area (TPSA) is 89.6 Å². The zero-order chi connectivity index (χ0) is 21.8. The molecule has 8 heteroatoms. The van der Waals surface area contributed by atoms with Gasteiger partial charge >= 0.3 is 0 Å². The number of rotatable bonds is 6. The third-order valence-electron chi connectivity index (χ3n) is 5.47. The standard InChI is InChI=1S/C23H26N4O4/c1-16-5-3-6-17(25-16)15-26-9-8-19-22(23(29)24-14-18-7-4-12-31-18)20(30-2)13-21(28)27(19)11-10-26/h3-7,12-13H,8-11,14-15H2,1-2H3,(H,24,29). The second kappa shape index (κ2) is 9.18. The molecular weight excluding hydrogens is 396 g/mol. The number of amides is 1. The van der Waals surface area contributed by atoms with Gasteiger partial charge < -0.3 is 19.0 Å². The lowest BCUT2D eigenvalue weighted by atomic mass is 10.1. The highest BCUT2D eigenvalue weighted by atomic mass is 16.5. The molecule has 31 heavy (non-hydrogen) atoms. The summed E-state index contributed by atoms with van der Waals surface area (Å²) in [6.45, 7) is 4.84. The van der Waals surface area contributed by atoms with E-state index in [4.69, 9.17) is 9.15 Å². The van der Waals surface area contributed by atoms with Gasteiger partial charge in [-0.25, -0.2) is 0 Å². The molecule has 4 heterocycles. The summed E-state index contributed by atoms with van der Waals surface area (Å²) >= 11 is 0. The fraction of sp³-hybridized carbons (Fsp3) is 0.348. The molecule has 0 bridgehead atoms. The highest BCUT2D eigenvalue weighted by Gasteiger charge is 2.25. The maximum Gasteiger partial charge on any atom is 0.257 e. The van der Waals surface area contributed by atoms with Crippen LogP contribution < -0.4 is 15.6 Å². The molecule has 0 spiro atoms. The Kier molecular flexibility index (Phi) is 6.18. The molecule has 0 radical (unpaired) electrons. The van der Waals surface area contributed by atoms with Gasteiger partial charge in [-0.1, -0.05) is 6.07 Å². The van der Waals surface area contributed by atoms with Crippen LogP contribution in [0.25, 0.3) is 0 Å². The Morgan fingerprint density at radius 1 is 1.23 bits per heavy atom. The number of furan rings is 1. The Morgan fingerprint density at radius 2 is 2.10 bits per heavy atom. The van der Waals surface area contributed by atoms with Crippen LogP contribution in [0, 0.1) is 6.92 Å². The van der Waals surface area contributed by atoms with E-state index in [1.54, 1.807) is 23.0 Å². The molecule has 0 unspecified atom stereocenters. The average Bonchev–Trinajstić information content (AvgIpc) is 3.19. The number of carbonyl (C=O) groups is 1. The molecule has 0 saturated heterocycles. The zero-order valence-electron chi connectivity index (χ0n) is 17.8. The molecule has 162 valence electrons. The molecule has 0 aromatic carbocycles. The van der Waals surface area contributed by atoms with Gasteiger partial charge in [-0.2, -0.15) is 0 Å². The van der Waals surface area contributed by atoms with Crippen molar-refractivity contribution in [3.05, 3.63) is 81.4 Å². The summed E-state index contributed by atoms with van der Waals surface area (Å²) in [5.41, 5.74) is 2.91. The first-order chi connectivity index (χ1) is 15.0. The fourth-order valence-corrected chi connectivity index (χ4v) is 3.94. The first kappa shape index (κ1) is 20.9. The number of hydrogen-bond acceptors (Lipinski definition) is 6. The molecule has 1 amide bonds. The number of aromatic nitrogens is 2. The number of aryl methyl sites for hydroxylation is 1. The van der Waals surface area contributed by atoms with E-state index >= 15 is 0 Å². The SMILES string of the molecule is COc1cc(=O)n2c(c1C(=O)NCc1ccco1)CCN(Cc1cccc(C)n1)CC2. The van der Waals surface area contributed by atoms with Gasteiger partial charge in [0.15, 0.2) is 0 Å². The summed E-state index contributed by atoms with van der Waals surface area (Å²) in [7, 11) is 1.47. The second-order valence-corrected chi connectivity index (χ2v) is 7.58. The van der Waals surface area contributed by atoms with Crippen LogP contribution in [0.4, 0.5) is 0 Å². The molecular formula is C23H26N4O4. The van der Waals surface area contributed by atoms with Crippen LogP contribution in [0.5, 0.6) is 5.75 Å². The van der Waals surface area contributed by atoms with Crippen molar-refractivity contribution in [1.29, 1.82) is 0 Å². The largest absolute Gasteiger partial charge is 0.496 e. The average molecular weight is 422 g/mol. The zero-order valence-corrected chi connectivity index (χ0v) is 17.8. The van der Waals surface area contributed by atoms with Crippen molar-refractivity contribution in [2.75, 3.05) is 20.2 Å². The third-order valence-corrected chi connectivity index (χ3v) is 5.47. The molecule has 0 saturated carbocycles. The van der Waals surface area contributed by atoms with E-state index in [-0.39, 0.29) is 18.0 Å². The molecule has 8 nitrogen and oxygen atoms in total. The minimum atomic E-state index is -0.286. The van der Waals surface area contributed by atoms with Gasteiger partial charge in [0.1, 0.15) is 17.1 Å². The molecule has 1 aliphatic heterocycles. The lowest BCUT2D eigenvalue weighted by Gasteiger charge is -2.19. The van der Waals surface area contributed by atoms with Crippen molar-refractivity contribution in [2.24, 2.45) is 0 Å². The van der Waals surface area contributed by atoms with Crippen molar-refractivity contribution in [3.63, 3.8) is 0 Å². The van der Waals surface area contributed by atoms with E-state index in [0.29, 0.717) is 55.4 Å². The van der Waals surface area contributed by atoms with Gasteiger partial charge in [-0.3, -0.25) is 19.5 Å². The Labute approximate surface area is 180 Å². The Bertz CT molecular complexity index is 1120. The Morgan fingerprint density at radius 3 is 2.84 bits per heavy atom. The van der Waals surface area contributed by atoms with E-state index < -0.39 is 0 Å². The molecule has 0 fully saturated rings. The normalized spacial score (nSPS) is 14.0. The number of hydrogen-bond donors (Lipinski definition) is 1. The summed E-state index contributed by atoms with van der Waals surface area (Å²) in [4.78, 5) is 32.6. The monoisotopic (exact) mass is 422 g/mol. The van der Waals surface area contributed by atoms with Crippen LogP contribution in [-0.2, 0) is 26.1 Å². The minimum absolute atomic E-state index is 0.162. The van der Waals surface area contributed by atoms with E-state index in [9.17, 15) is 9.59 Å². The van der Waals surface area contributed by atoms with E-state index in [1.165, 1.54) is 13.2 Å². The first-order valence-electron chi connectivity index (χ1n) is 10.3. The number of pyridine rings is 2. The van der Waals surface area contributed by atoms with E-state index in [0.717, 1.165) is 11.4 Å². The van der Waals surface area contributed by atoms with Crippen LogP contribution in [0.1, 0.15) is 33.2 Å². The summed E-state index contributed by atoms with van der Waals surface area (Å²) in [5.74, 6) is 0.663. The van der Waals surface area contributed by atoms with Crippen LogP contribution in [0.3, 0.4) is 0 Å². The maximum absolute atomic E-state index is 13.1. The molecule has 4 rings (SSSR count). The van der Waals surface area contributed by atoms with Crippen molar-refractivity contribution in [1.82, 2.24) is 19.8 Å². The number of carbonyl (C=O) groups excluding carboxylic acids is 1. The molecule has 3 aromatic rings. The van der Waals surface area contributed by atoms with Gasteiger partial charge in [0.25, 0.3) is 11.5 Å². The highest BCUT2D eigenvalue weighted by molar-refractivity contribution is 5.98. The molecule has 3 aromatic heterocycles. The molecule has 0 atom stereocenters. The first-order valence-corrected chi connectivity index (χ1v) is 10.3. The van der Waals surface area contributed by atoms with Crippen LogP contribution >= 0.6 is 0 Å². The smallest absolute Gasteiger partial charge is 0.257 e. The van der Waals surface area contributed by atoms with E-state index in [1.807, 2.05) is 25.1 Å². The summed E-state index contributed by atoms with van der Waals surface area (Å²) < 4.78 is 12.4. The van der Waals surface area contributed by atoms with Crippen molar-refractivity contribution < 1.29 is 13.9 Å². The van der Waals surface area contributed by atoms with Gasteiger partial charge in [0.2, 0.25) is 0 Å². The van der Waals surface area contributed by atoms with Crippen LogP contribution in [0.2, 0.25) is 0 Å². The summed E-state index contributed by atoms with van der Waals surface area (Å²) in [6, 6.07) is 10.9. The lowest BCUT2D eigenvalue weighted by molar-refractivity contribution is 0.0942. The number of methoxy groups -OCH3 is 1. The molecule has 0 aliphatic carbocycles. The third kappa shape index (κ3) is 4.69. The number of nitrogens with one attached hydrogen (secondary N) is 1. The number of ether oxygens (including phenoxy) is 1. The molecule has 1 N–H and O–H groups in total. The van der Waals surface area contributed by atoms with Crippen molar-refractivity contribution in [2.45, 2.75) is 33.0 Å². The van der Waals surface area contributed by atoms with Gasteiger partial charge in [-0.05, 0) is 31.2 Å². The van der Waals surface area contributed by atoms with Crippen molar-refractivity contribution >= 4 is 5.91 Å². The minimum Gasteiger partial charge on any atom is -0.496 e. The van der Waals surface area contributed by atoms with Gasteiger partial charge in [0.05, 0.1) is 25.6 Å². The highest BCUT2D eigenvalue weighted by Crippen LogP contribution is 2.23. The van der Waals surface area contributed by atoms with Crippen molar-refractivity contribution in [3.8, 4) is 5.75 Å². The fourth-order valence-electron chi connectivity index (χ4n) is 3.94. The van der Waals surface area contributed by atoms with Crippen LogP contribution in [0.15, 0.2) is 51.9 Å². The summed E-state index contributed by atoms with van der Waals surface area (Å²) in [5, 5.41) is 2.87. The summed E-state index contributed by atoms with van der Waals surface area (Å²) in [6.07, 6.45) is 2.12. The molecule has 1 aliphatic rings. The van der Waals surface area contributed by atoms with Gasteiger partial charge in [-0.15, -0.1) is 0 Å². The number of nitrogens with zero attached hydrogens (tertiary/aromatic N) is 3. The lowest BCUT2D eigenvalue weighted by Crippen LogP contribution is -2.31. The van der Waals surface area contributed by atoms with Crippen LogP contribution in [-0.4, -0.2) is 40.6 Å². The number of fused-ring (bicyclic) bond motifs is 1. The Balaban J connectivity index is 1.58. The quantitative estimate of drug-likeness (QED) is 0.655. The predicted octanol–water partition coefficient (Wildman–Crippen LogP) is 2.14. The maximum atomic E-state index is 13.1. The predicted molar refractivity (Wildman–Crippen MR) is 115 cm³/mol.